The number of hydrogen-bond donors (Lipinski definition) is 0. The van der Waals surface area contributed by atoms with Crippen LogP contribution in [0.1, 0.15) is 56.8 Å². The van der Waals surface area contributed by atoms with Crippen molar-refractivity contribution in [2.75, 3.05) is 26.2 Å². The predicted molar refractivity (Wildman–Crippen MR) is 125 cm³/mol. The lowest BCUT2D eigenvalue weighted by Gasteiger charge is -2.34. The van der Waals surface area contributed by atoms with E-state index < -0.39 is 15.5 Å². The van der Waals surface area contributed by atoms with Crippen LogP contribution in [0.5, 0.6) is 0 Å². The lowest BCUT2D eigenvalue weighted by molar-refractivity contribution is 0.0722. The Morgan fingerprint density at radius 2 is 1.72 bits per heavy atom. The zero-order chi connectivity index (χ0) is 23.0. The molecule has 1 amide bonds. The van der Waals surface area contributed by atoms with Crippen LogP contribution in [0.3, 0.4) is 0 Å². The number of amides is 1. The van der Waals surface area contributed by atoms with E-state index in [1.807, 2.05) is 11.5 Å². The van der Waals surface area contributed by atoms with E-state index >= 15 is 0 Å². The minimum Gasteiger partial charge on any atom is -0.347 e. The second kappa shape index (κ2) is 8.98. The van der Waals surface area contributed by atoms with Crippen molar-refractivity contribution in [1.29, 1.82) is 0 Å². The molecule has 0 unspecified atom stereocenters. The summed E-state index contributed by atoms with van der Waals surface area (Å²) in [5.41, 5.74) is 0.376. The highest BCUT2D eigenvalue weighted by Crippen LogP contribution is 2.28. The van der Waals surface area contributed by atoms with Crippen molar-refractivity contribution in [3.05, 3.63) is 40.2 Å². The van der Waals surface area contributed by atoms with E-state index in [1.165, 1.54) is 10.4 Å². The van der Waals surface area contributed by atoms with Crippen LogP contribution in [0.15, 0.2) is 34.1 Å². The van der Waals surface area contributed by atoms with E-state index in [2.05, 4.69) is 13.8 Å². The molecule has 32 heavy (non-hydrogen) atoms. The molecule has 8 heteroatoms. The molecule has 0 saturated carbocycles. The third-order valence-electron chi connectivity index (χ3n) is 6.74. The van der Waals surface area contributed by atoms with Gasteiger partial charge in [0.25, 0.3) is 5.91 Å². The molecule has 1 aromatic carbocycles. The molecule has 0 radical (unpaired) electrons. The molecule has 4 rings (SSSR count). The number of fused-ring (bicyclic) bond motifs is 1. The molecule has 0 aliphatic carbocycles. The Bertz CT molecular complexity index is 1170. The Morgan fingerprint density at radius 3 is 2.34 bits per heavy atom. The highest BCUT2D eigenvalue weighted by atomic mass is 32.2. The number of aryl methyl sites for hydroxylation is 1. The molecule has 7 nitrogen and oxygen atoms in total. The summed E-state index contributed by atoms with van der Waals surface area (Å²) in [6, 6.07) is 4.74. The van der Waals surface area contributed by atoms with Gasteiger partial charge in [0.05, 0.1) is 10.4 Å². The SMILES string of the molecule is CCn1cc(C(=O)N2CCCCC2)c(=O)c2cc(S(=O)(=O)N3C[C@@H](C)C[C@H](C)C3)ccc21. The van der Waals surface area contributed by atoms with Gasteiger partial charge in [0, 0.05) is 44.3 Å². The molecule has 0 N–H and O–H groups in total. The second-order valence-corrected chi connectivity index (χ2v) is 11.4. The van der Waals surface area contributed by atoms with Crippen LogP contribution in [-0.4, -0.2) is 54.3 Å². The lowest BCUT2D eigenvalue weighted by atomic mass is 9.94. The monoisotopic (exact) mass is 459 g/mol. The summed E-state index contributed by atoms with van der Waals surface area (Å²) >= 11 is 0. The van der Waals surface area contributed by atoms with Crippen molar-refractivity contribution in [3.8, 4) is 0 Å². The van der Waals surface area contributed by atoms with Crippen LogP contribution >= 0.6 is 0 Å². The molecule has 2 fully saturated rings. The number of piperidine rings is 2. The van der Waals surface area contributed by atoms with Crippen LogP contribution in [-0.2, 0) is 16.6 Å². The number of pyridine rings is 1. The van der Waals surface area contributed by atoms with Gasteiger partial charge in [-0.3, -0.25) is 9.59 Å². The Morgan fingerprint density at radius 1 is 1.06 bits per heavy atom. The maximum absolute atomic E-state index is 13.4. The minimum atomic E-state index is -3.72. The molecule has 3 heterocycles. The molecule has 0 spiro atoms. The highest BCUT2D eigenvalue weighted by molar-refractivity contribution is 7.89. The Kier molecular flexibility index (Phi) is 6.45. The number of rotatable bonds is 4. The maximum Gasteiger partial charge on any atom is 0.259 e. The number of carbonyl (C=O) groups is 1. The molecular formula is C24H33N3O4S. The number of hydrogen-bond acceptors (Lipinski definition) is 4. The molecule has 1 aromatic heterocycles. The molecule has 2 aliphatic rings. The topological polar surface area (TPSA) is 79.7 Å². The third-order valence-corrected chi connectivity index (χ3v) is 8.57. The fourth-order valence-electron chi connectivity index (χ4n) is 5.17. The van der Waals surface area contributed by atoms with Gasteiger partial charge in [-0.25, -0.2) is 8.42 Å². The second-order valence-electron chi connectivity index (χ2n) is 9.46. The summed E-state index contributed by atoms with van der Waals surface area (Å²) in [6.45, 7) is 8.93. The Hall–Kier alpha value is -2.19. The summed E-state index contributed by atoms with van der Waals surface area (Å²) in [4.78, 5) is 28.3. The van der Waals surface area contributed by atoms with Crippen molar-refractivity contribution < 1.29 is 13.2 Å². The number of benzene rings is 1. The molecule has 2 saturated heterocycles. The molecular weight excluding hydrogens is 426 g/mol. The van der Waals surface area contributed by atoms with Crippen molar-refractivity contribution in [2.45, 2.75) is 57.9 Å². The maximum atomic E-state index is 13.4. The van der Waals surface area contributed by atoms with E-state index in [1.54, 1.807) is 23.2 Å². The Balaban J connectivity index is 1.79. The number of aromatic nitrogens is 1. The quantitative estimate of drug-likeness (QED) is 0.703. The van der Waals surface area contributed by atoms with Gasteiger partial charge >= 0.3 is 0 Å². The fourth-order valence-corrected chi connectivity index (χ4v) is 6.88. The molecule has 0 bridgehead atoms. The fraction of sp³-hybridized carbons (Fsp3) is 0.583. The average Bonchev–Trinajstić information content (AvgIpc) is 2.78. The van der Waals surface area contributed by atoms with E-state index in [0.29, 0.717) is 50.1 Å². The van der Waals surface area contributed by atoms with Crippen LogP contribution in [0.25, 0.3) is 10.9 Å². The average molecular weight is 460 g/mol. The Labute approximate surface area is 190 Å². The predicted octanol–water partition coefficient (Wildman–Crippen LogP) is 3.31. The van der Waals surface area contributed by atoms with E-state index in [9.17, 15) is 18.0 Å². The minimum absolute atomic E-state index is 0.119. The number of carbonyl (C=O) groups excluding carboxylic acids is 1. The van der Waals surface area contributed by atoms with Crippen LogP contribution in [0, 0.1) is 11.8 Å². The summed E-state index contributed by atoms with van der Waals surface area (Å²) < 4.78 is 30.2. The van der Waals surface area contributed by atoms with E-state index in [4.69, 9.17) is 0 Å². The first kappa shape index (κ1) is 23.0. The van der Waals surface area contributed by atoms with Gasteiger partial charge in [0.15, 0.2) is 0 Å². The first-order chi connectivity index (χ1) is 15.2. The van der Waals surface area contributed by atoms with Crippen molar-refractivity contribution >= 4 is 26.8 Å². The highest BCUT2D eigenvalue weighted by Gasteiger charge is 2.32. The van der Waals surface area contributed by atoms with Crippen molar-refractivity contribution in [2.24, 2.45) is 11.8 Å². The molecule has 2 aromatic rings. The van der Waals surface area contributed by atoms with Gasteiger partial charge in [-0.1, -0.05) is 13.8 Å². The first-order valence-electron chi connectivity index (χ1n) is 11.7. The van der Waals surface area contributed by atoms with Crippen LogP contribution < -0.4 is 5.43 Å². The van der Waals surface area contributed by atoms with Crippen molar-refractivity contribution in [1.82, 2.24) is 13.8 Å². The summed E-state index contributed by atoms with van der Waals surface area (Å²) in [5, 5.41) is 0.286. The smallest absolute Gasteiger partial charge is 0.259 e. The van der Waals surface area contributed by atoms with Gasteiger partial charge in [-0.15, -0.1) is 0 Å². The number of sulfonamides is 1. The molecule has 2 aliphatic heterocycles. The van der Waals surface area contributed by atoms with Gasteiger partial charge < -0.3 is 9.47 Å². The lowest BCUT2D eigenvalue weighted by Crippen LogP contribution is -2.42. The van der Waals surface area contributed by atoms with Gasteiger partial charge in [0.1, 0.15) is 5.56 Å². The molecule has 174 valence electrons. The van der Waals surface area contributed by atoms with Gasteiger partial charge in [0.2, 0.25) is 15.5 Å². The summed E-state index contributed by atoms with van der Waals surface area (Å²) in [7, 11) is -3.72. The molecule has 2 atom stereocenters. The number of nitrogens with zero attached hydrogens (tertiary/aromatic N) is 3. The van der Waals surface area contributed by atoms with Crippen LogP contribution in [0.4, 0.5) is 0 Å². The van der Waals surface area contributed by atoms with E-state index in [0.717, 1.165) is 25.7 Å². The van der Waals surface area contributed by atoms with E-state index in [-0.39, 0.29) is 21.8 Å². The first-order valence-corrected chi connectivity index (χ1v) is 13.1. The number of likely N-dealkylation sites (tertiary alicyclic amines) is 1. The summed E-state index contributed by atoms with van der Waals surface area (Å²) in [5.74, 6) is 0.325. The summed E-state index contributed by atoms with van der Waals surface area (Å²) in [6.07, 6.45) is 5.61. The third kappa shape index (κ3) is 4.22. The van der Waals surface area contributed by atoms with Crippen LogP contribution in [0.2, 0.25) is 0 Å². The van der Waals surface area contributed by atoms with Crippen molar-refractivity contribution in [3.63, 3.8) is 0 Å². The van der Waals surface area contributed by atoms with Gasteiger partial charge in [-0.2, -0.15) is 4.31 Å². The zero-order valence-electron chi connectivity index (χ0n) is 19.2. The zero-order valence-corrected chi connectivity index (χ0v) is 20.0. The standard InChI is InChI=1S/C24H33N3O4S/c1-4-25-16-21(24(29)26-10-6-5-7-11-26)23(28)20-13-19(8-9-22(20)25)32(30,31)27-14-17(2)12-18(3)15-27/h8-9,13,16-18H,4-7,10-12,14-15H2,1-3H3/t17-,18-/m0/s1. The largest absolute Gasteiger partial charge is 0.347 e. The normalized spacial score (nSPS) is 22.9. The van der Waals surface area contributed by atoms with Gasteiger partial charge in [-0.05, 0) is 62.6 Å².